The van der Waals surface area contributed by atoms with Gasteiger partial charge in [-0.15, -0.1) is 0 Å². The maximum Gasteiger partial charge on any atom is 0.223 e. The van der Waals surface area contributed by atoms with E-state index in [2.05, 4.69) is 15.1 Å². The van der Waals surface area contributed by atoms with E-state index in [1.165, 1.54) is 0 Å². The third-order valence-electron chi connectivity index (χ3n) is 6.53. The number of carbonyl (C=O) groups is 2. The number of β-amino-alcohol motifs (C(OH)–C–C–N with tert-alkyl or cyclic N) is 1. The molecule has 29 heavy (non-hydrogen) atoms. The highest BCUT2D eigenvalue weighted by atomic mass is 16.5. The summed E-state index contributed by atoms with van der Waals surface area (Å²) in [5.41, 5.74) is -0.722. The summed E-state index contributed by atoms with van der Waals surface area (Å²) in [6.45, 7) is 9.54. The number of hydrogen-bond acceptors (Lipinski definition) is 6. The van der Waals surface area contributed by atoms with Gasteiger partial charge in [-0.25, -0.2) is 0 Å². The Bertz CT molecular complexity index is 547. The maximum absolute atomic E-state index is 12.7. The molecule has 166 valence electrons. The lowest BCUT2D eigenvalue weighted by Gasteiger charge is -2.38. The lowest BCUT2D eigenvalue weighted by Crippen LogP contribution is -2.50. The van der Waals surface area contributed by atoms with E-state index in [0.717, 1.165) is 78.2 Å². The minimum absolute atomic E-state index is 0.0317. The number of ether oxygens (including phenoxy) is 1. The van der Waals surface area contributed by atoms with Crippen LogP contribution >= 0.6 is 0 Å². The van der Waals surface area contributed by atoms with Gasteiger partial charge in [0.25, 0.3) is 0 Å². The molecule has 2 N–H and O–H groups in total. The van der Waals surface area contributed by atoms with Crippen LogP contribution in [0, 0.1) is 0 Å². The molecule has 0 unspecified atom stereocenters. The molecule has 0 radical (unpaired) electrons. The number of hydrogen-bond donors (Lipinski definition) is 2. The van der Waals surface area contributed by atoms with E-state index < -0.39 is 5.60 Å². The van der Waals surface area contributed by atoms with Crippen LogP contribution in [0.2, 0.25) is 0 Å². The fourth-order valence-electron chi connectivity index (χ4n) is 4.76. The van der Waals surface area contributed by atoms with Crippen LogP contribution in [0.1, 0.15) is 45.4 Å². The second-order valence-corrected chi connectivity index (χ2v) is 8.91. The highest BCUT2D eigenvalue weighted by Gasteiger charge is 2.34. The topological polar surface area (TPSA) is 85.4 Å². The van der Waals surface area contributed by atoms with Gasteiger partial charge < -0.3 is 25.0 Å². The average Bonchev–Trinajstić information content (AvgIpc) is 2.90. The number of amides is 2. The molecule has 0 spiro atoms. The number of carbonyl (C=O) groups excluding carboxylic acids is 2. The molecule has 0 aromatic rings. The van der Waals surface area contributed by atoms with Crippen molar-refractivity contribution in [1.29, 1.82) is 0 Å². The summed E-state index contributed by atoms with van der Waals surface area (Å²) in [5.74, 6) is 0.237. The van der Waals surface area contributed by atoms with E-state index >= 15 is 0 Å². The molecule has 0 aromatic carbocycles. The molecule has 0 saturated carbocycles. The zero-order valence-corrected chi connectivity index (χ0v) is 17.9. The first-order chi connectivity index (χ1) is 13.9. The number of aliphatic hydroxyl groups is 1. The van der Waals surface area contributed by atoms with Crippen molar-refractivity contribution >= 4 is 11.8 Å². The fraction of sp³-hybridized carbons (Fsp3) is 0.905. The zero-order valence-electron chi connectivity index (χ0n) is 17.9. The summed E-state index contributed by atoms with van der Waals surface area (Å²) in [5, 5.41) is 14.2. The third-order valence-corrected chi connectivity index (χ3v) is 6.53. The molecule has 3 fully saturated rings. The minimum atomic E-state index is -0.722. The van der Waals surface area contributed by atoms with E-state index in [-0.39, 0.29) is 17.9 Å². The van der Waals surface area contributed by atoms with E-state index in [0.29, 0.717) is 25.9 Å². The van der Waals surface area contributed by atoms with Gasteiger partial charge in [0.15, 0.2) is 0 Å². The van der Waals surface area contributed by atoms with Gasteiger partial charge in [-0.3, -0.25) is 14.5 Å². The molecule has 0 bridgehead atoms. The van der Waals surface area contributed by atoms with Crippen molar-refractivity contribution in [3.8, 4) is 0 Å². The number of nitrogens with zero attached hydrogens (tertiary/aromatic N) is 3. The minimum Gasteiger partial charge on any atom is -0.388 e. The number of likely N-dealkylation sites (tertiary alicyclic amines) is 2. The molecule has 3 aliphatic rings. The molecule has 3 heterocycles. The molecule has 8 nitrogen and oxygen atoms in total. The smallest absolute Gasteiger partial charge is 0.223 e. The molecule has 3 aliphatic heterocycles. The van der Waals surface area contributed by atoms with Gasteiger partial charge in [0.2, 0.25) is 11.8 Å². The Labute approximate surface area is 174 Å². The predicted octanol–water partition coefficient (Wildman–Crippen LogP) is 0.0528. The Kier molecular flexibility index (Phi) is 8.29. The van der Waals surface area contributed by atoms with Gasteiger partial charge >= 0.3 is 0 Å². The highest BCUT2D eigenvalue weighted by Crippen LogP contribution is 2.25. The van der Waals surface area contributed by atoms with Gasteiger partial charge in [0.05, 0.1) is 18.8 Å². The summed E-state index contributed by atoms with van der Waals surface area (Å²) in [4.78, 5) is 30.4. The molecule has 3 rings (SSSR count). The summed E-state index contributed by atoms with van der Waals surface area (Å²) in [6, 6.07) is 0.257. The van der Waals surface area contributed by atoms with Crippen molar-refractivity contribution in [2.24, 2.45) is 0 Å². The quantitative estimate of drug-likeness (QED) is 0.644. The summed E-state index contributed by atoms with van der Waals surface area (Å²) < 4.78 is 5.36. The summed E-state index contributed by atoms with van der Waals surface area (Å²) >= 11 is 0. The molecule has 0 aromatic heterocycles. The van der Waals surface area contributed by atoms with Gasteiger partial charge in [0, 0.05) is 71.7 Å². The maximum atomic E-state index is 12.7. The first-order valence-corrected chi connectivity index (χ1v) is 11.2. The van der Waals surface area contributed by atoms with Crippen LogP contribution in [0.3, 0.4) is 0 Å². The third kappa shape index (κ3) is 7.20. The number of nitrogens with one attached hydrogen (secondary N) is 1. The lowest BCUT2D eigenvalue weighted by atomic mass is 9.93. The van der Waals surface area contributed by atoms with Crippen molar-refractivity contribution in [2.75, 3.05) is 65.6 Å². The van der Waals surface area contributed by atoms with Crippen LogP contribution < -0.4 is 5.32 Å². The molecule has 0 aliphatic carbocycles. The second kappa shape index (κ2) is 10.7. The van der Waals surface area contributed by atoms with Crippen LogP contribution in [0.5, 0.6) is 0 Å². The monoisotopic (exact) mass is 410 g/mol. The van der Waals surface area contributed by atoms with Gasteiger partial charge in [-0.1, -0.05) is 0 Å². The lowest BCUT2D eigenvalue weighted by molar-refractivity contribution is -0.132. The largest absolute Gasteiger partial charge is 0.388 e. The van der Waals surface area contributed by atoms with Gasteiger partial charge in [0.1, 0.15) is 0 Å². The fourth-order valence-corrected chi connectivity index (χ4v) is 4.76. The van der Waals surface area contributed by atoms with Gasteiger partial charge in [-0.05, 0) is 32.1 Å². The normalized spacial score (nSPS) is 28.1. The molecule has 2 amide bonds. The molecule has 8 heteroatoms. The Hall–Kier alpha value is -1.22. The average molecular weight is 411 g/mol. The number of piperidine rings is 1. The van der Waals surface area contributed by atoms with Crippen LogP contribution in [0.4, 0.5) is 0 Å². The van der Waals surface area contributed by atoms with E-state index in [1.807, 2.05) is 4.90 Å². The molecular weight excluding hydrogens is 372 g/mol. The van der Waals surface area contributed by atoms with Crippen LogP contribution in [-0.2, 0) is 14.3 Å². The Balaban J connectivity index is 1.40. The second-order valence-electron chi connectivity index (χ2n) is 8.91. The van der Waals surface area contributed by atoms with Crippen molar-refractivity contribution < 1.29 is 19.4 Å². The van der Waals surface area contributed by atoms with Crippen LogP contribution in [-0.4, -0.2) is 109 Å². The van der Waals surface area contributed by atoms with Crippen molar-refractivity contribution in [3.63, 3.8) is 0 Å². The predicted molar refractivity (Wildman–Crippen MR) is 111 cm³/mol. The standard InChI is InChI=1S/C21H38N4O4/c1-18(26)22-19-3-9-24(10-4-19)17-21(28)6-2-8-25(12-7-21)20(27)5-11-23-13-15-29-16-14-23/h19,28H,2-17H2,1H3,(H,22,26)/t21-/m1/s1. The molecule has 3 saturated heterocycles. The highest BCUT2D eigenvalue weighted by molar-refractivity contribution is 5.76. The van der Waals surface area contributed by atoms with Crippen molar-refractivity contribution in [1.82, 2.24) is 20.0 Å². The Morgan fingerprint density at radius 2 is 1.76 bits per heavy atom. The van der Waals surface area contributed by atoms with E-state index in [9.17, 15) is 14.7 Å². The first-order valence-electron chi connectivity index (χ1n) is 11.2. The van der Waals surface area contributed by atoms with Gasteiger partial charge in [-0.2, -0.15) is 0 Å². The molecule has 1 atom stereocenters. The SMILES string of the molecule is CC(=O)NC1CCN(C[C@@]2(O)CCCN(C(=O)CCN3CCOCC3)CC2)CC1. The molecular formula is C21H38N4O4. The first kappa shape index (κ1) is 22.5. The summed E-state index contributed by atoms with van der Waals surface area (Å²) in [7, 11) is 0. The van der Waals surface area contributed by atoms with E-state index in [4.69, 9.17) is 4.74 Å². The van der Waals surface area contributed by atoms with Crippen LogP contribution in [0.25, 0.3) is 0 Å². The van der Waals surface area contributed by atoms with Crippen molar-refractivity contribution in [2.45, 2.75) is 57.1 Å². The Morgan fingerprint density at radius 1 is 1.03 bits per heavy atom. The van der Waals surface area contributed by atoms with Crippen LogP contribution in [0.15, 0.2) is 0 Å². The Morgan fingerprint density at radius 3 is 2.45 bits per heavy atom. The van der Waals surface area contributed by atoms with E-state index in [1.54, 1.807) is 6.92 Å². The number of morpholine rings is 1. The zero-order chi connectivity index (χ0) is 20.7. The van der Waals surface area contributed by atoms with Crippen molar-refractivity contribution in [3.05, 3.63) is 0 Å². The summed E-state index contributed by atoms with van der Waals surface area (Å²) in [6.07, 6.45) is 4.65. The number of rotatable bonds is 6.